The average molecular weight is 519 g/mol. The Morgan fingerprint density at radius 3 is 2.29 bits per heavy atom. The van der Waals surface area contributed by atoms with Crippen LogP contribution >= 0.6 is 11.3 Å². The number of fused-ring (bicyclic) bond motifs is 1. The first kappa shape index (κ1) is 25.8. The van der Waals surface area contributed by atoms with Gasteiger partial charge in [-0.15, -0.1) is 11.3 Å². The summed E-state index contributed by atoms with van der Waals surface area (Å²) in [5.74, 6) is -0.408. The van der Waals surface area contributed by atoms with E-state index in [2.05, 4.69) is 17.1 Å². The number of carbonyl (C=O) groups excluding carboxylic acids is 2. The number of nitrogens with zero attached hydrogens (tertiary/aromatic N) is 3. The van der Waals surface area contributed by atoms with Gasteiger partial charge in [0.05, 0.1) is 10.5 Å². The molecule has 0 bridgehead atoms. The van der Waals surface area contributed by atoms with Gasteiger partial charge < -0.3 is 10.2 Å². The Morgan fingerprint density at radius 1 is 1.03 bits per heavy atom. The molecule has 0 radical (unpaired) electrons. The molecule has 35 heavy (non-hydrogen) atoms. The van der Waals surface area contributed by atoms with Crippen LogP contribution in [0.3, 0.4) is 0 Å². The molecule has 1 saturated heterocycles. The number of thiophene rings is 1. The van der Waals surface area contributed by atoms with Crippen LogP contribution in [0.15, 0.2) is 29.2 Å². The van der Waals surface area contributed by atoms with Gasteiger partial charge >= 0.3 is 0 Å². The lowest BCUT2D eigenvalue weighted by molar-refractivity contribution is 0.0772. The highest BCUT2D eigenvalue weighted by atomic mass is 32.2. The number of carbonyl (C=O) groups is 2. The summed E-state index contributed by atoms with van der Waals surface area (Å²) in [6, 6.07) is 6.05. The van der Waals surface area contributed by atoms with E-state index >= 15 is 0 Å². The van der Waals surface area contributed by atoms with Crippen LogP contribution in [-0.2, 0) is 23.0 Å². The molecule has 3 heterocycles. The van der Waals surface area contributed by atoms with Gasteiger partial charge in [-0.2, -0.15) is 4.31 Å². The number of likely N-dealkylation sites (N-methyl/N-ethyl adjacent to an activating group) is 1. The second-order valence-corrected chi connectivity index (χ2v) is 11.9. The molecule has 10 heteroatoms. The molecule has 1 aromatic carbocycles. The predicted molar refractivity (Wildman–Crippen MR) is 139 cm³/mol. The van der Waals surface area contributed by atoms with Gasteiger partial charge in [-0.3, -0.25) is 14.5 Å². The van der Waals surface area contributed by atoms with Crippen LogP contribution in [-0.4, -0.2) is 73.6 Å². The molecular formula is C25H34N4O4S2. The van der Waals surface area contributed by atoms with Crippen LogP contribution in [0.1, 0.15) is 64.8 Å². The molecule has 2 aromatic rings. The van der Waals surface area contributed by atoms with Gasteiger partial charge in [0.15, 0.2) is 0 Å². The summed E-state index contributed by atoms with van der Waals surface area (Å²) in [6.07, 6.45) is 2.52. The van der Waals surface area contributed by atoms with E-state index in [1.165, 1.54) is 39.9 Å². The van der Waals surface area contributed by atoms with Gasteiger partial charge in [0, 0.05) is 49.7 Å². The topological polar surface area (TPSA) is 90.0 Å². The smallest absolute Gasteiger partial charge is 0.257 e. The molecule has 2 aliphatic heterocycles. The fraction of sp³-hybridized carbons (Fsp3) is 0.520. The standard InChI is InChI=1S/C25H34N4O4S2/c1-4-27-16-13-20-21(17-27)34-24(22(20)25(31)28(5-2)6-3)26-23(30)18-9-11-19(12-10-18)35(32,33)29-14-7-8-15-29/h9-12H,4-8,13-17H2,1-3H3,(H,26,30). The van der Waals surface area contributed by atoms with Crippen molar-refractivity contribution >= 4 is 38.2 Å². The molecule has 1 N–H and O–H groups in total. The van der Waals surface area contributed by atoms with Crippen molar-refractivity contribution in [3.05, 3.63) is 45.8 Å². The van der Waals surface area contributed by atoms with Crippen LogP contribution < -0.4 is 5.32 Å². The van der Waals surface area contributed by atoms with E-state index in [-0.39, 0.29) is 16.7 Å². The van der Waals surface area contributed by atoms with Crippen LogP contribution in [0.5, 0.6) is 0 Å². The van der Waals surface area contributed by atoms with Crippen LogP contribution in [0.25, 0.3) is 0 Å². The third kappa shape index (κ3) is 5.16. The summed E-state index contributed by atoms with van der Waals surface area (Å²) in [5, 5.41) is 3.54. The Balaban J connectivity index is 1.60. The SMILES string of the molecule is CCN1CCc2c(sc(NC(=O)c3ccc(S(=O)(=O)N4CCCC4)cc3)c2C(=O)N(CC)CC)C1. The summed E-state index contributed by atoms with van der Waals surface area (Å²) < 4.78 is 27.1. The molecule has 0 saturated carbocycles. The van der Waals surface area contributed by atoms with Crippen molar-refractivity contribution in [2.45, 2.75) is 51.5 Å². The lowest BCUT2D eigenvalue weighted by Crippen LogP contribution is -2.34. The molecule has 0 unspecified atom stereocenters. The zero-order chi connectivity index (χ0) is 25.2. The zero-order valence-electron chi connectivity index (χ0n) is 20.7. The Bertz CT molecular complexity index is 1180. The lowest BCUT2D eigenvalue weighted by atomic mass is 10.0. The van der Waals surface area contributed by atoms with E-state index in [0.717, 1.165) is 49.3 Å². The molecule has 1 fully saturated rings. The van der Waals surface area contributed by atoms with Crippen LogP contribution in [0.4, 0.5) is 5.00 Å². The number of benzene rings is 1. The number of amides is 2. The maximum absolute atomic E-state index is 13.4. The molecular weight excluding hydrogens is 484 g/mol. The van der Waals surface area contributed by atoms with E-state index in [1.54, 1.807) is 4.90 Å². The Labute approximate surface area is 212 Å². The van der Waals surface area contributed by atoms with Crippen molar-refractivity contribution in [1.29, 1.82) is 0 Å². The number of nitrogens with one attached hydrogen (secondary N) is 1. The highest BCUT2D eigenvalue weighted by molar-refractivity contribution is 7.89. The van der Waals surface area contributed by atoms with Gasteiger partial charge in [-0.25, -0.2) is 8.42 Å². The van der Waals surface area contributed by atoms with Crippen molar-refractivity contribution in [1.82, 2.24) is 14.1 Å². The molecule has 190 valence electrons. The predicted octanol–water partition coefficient (Wildman–Crippen LogP) is 3.64. The molecule has 2 aliphatic rings. The third-order valence-corrected chi connectivity index (χ3v) is 9.94. The molecule has 8 nitrogen and oxygen atoms in total. The Morgan fingerprint density at radius 2 is 1.69 bits per heavy atom. The largest absolute Gasteiger partial charge is 0.339 e. The summed E-state index contributed by atoms with van der Waals surface area (Å²) in [4.78, 5) is 32.0. The second kappa shape index (κ2) is 10.8. The minimum absolute atomic E-state index is 0.0557. The number of sulfonamides is 1. The summed E-state index contributed by atoms with van der Waals surface area (Å²) in [5.41, 5.74) is 2.00. The van der Waals surface area contributed by atoms with Gasteiger partial charge in [0.25, 0.3) is 11.8 Å². The van der Waals surface area contributed by atoms with E-state index in [4.69, 9.17) is 0 Å². The first-order chi connectivity index (χ1) is 16.8. The van der Waals surface area contributed by atoms with E-state index < -0.39 is 10.0 Å². The van der Waals surface area contributed by atoms with Crippen molar-refractivity contribution in [3.8, 4) is 0 Å². The first-order valence-corrected chi connectivity index (χ1v) is 14.6. The van der Waals surface area contributed by atoms with Crippen LogP contribution in [0.2, 0.25) is 0 Å². The average Bonchev–Trinajstić information content (AvgIpc) is 3.53. The first-order valence-electron chi connectivity index (χ1n) is 12.4. The molecule has 0 spiro atoms. The molecule has 0 aliphatic carbocycles. The third-order valence-electron chi connectivity index (χ3n) is 6.89. The minimum atomic E-state index is -3.53. The zero-order valence-corrected chi connectivity index (χ0v) is 22.3. The Hall–Kier alpha value is -2.27. The van der Waals surface area contributed by atoms with Crippen molar-refractivity contribution in [2.75, 3.05) is 44.6 Å². The summed E-state index contributed by atoms with van der Waals surface area (Å²) in [7, 11) is -3.53. The number of hydrogen-bond donors (Lipinski definition) is 1. The fourth-order valence-electron chi connectivity index (χ4n) is 4.74. The lowest BCUT2D eigenvalue weighted by Gasteiger charge is -2.26. The maximum atomic E-state index is 13.4. The van der Waals surface area contributed by atoms with Gasteiger partial charge in [0.1, 0.15) is 5.00 Å². The molecule has 1 aromatic heterocycles. The quantitative estimate of drug-likeness (QED) is 0.576. The van der Waals surface area contributed by atoms with Gasteiger partial charge in [-0.1, -0.05) is 6.92 Å². The Kier molecular flexibility index (Phi) is 7.95. The molecule has 4 rings (SSSR count). The number of hydrogen-bond acceptors (Lipinski definition) is 6. The highest BCUT2D eigenvalue weighted by Crippen LogP contribution is 2.38. The van der Waals surface area contributed by atoms with E-state index in [0.29, 0.717) is 42.3 Å². The van der Waals surface area contributed by atoms with Crippen molar-refractivity contribution in [3.63, 3.8) is 0 Å². The second-order valence-electron chi connectivity index (χ2n) is 8.89. The van der Waals surface area contributed by atoms with Crippen LogP contribution in [0, 0.1) is 0 Å². The summed E-state index contributed by atoms with van der Waals surface area (Å²) >= 11 is 1.47. The number of anilines is 1. The van der Waals surface area contributed by atoms with Crippen molar-refractivity contribution in [2.24, 2.45) is 0 Å². The maximum Gasteiger partial charge on any atom is 0.257 e. The normalized spacial score (nSPS) is 16.8. The summed E-state index contributed by atoms with van der Waals surface area (Å²) in [6.45, 7) is 10.9. The van der Waals surface area contributed by atoms with Gasteiger partial charge in [-0.05, 0) is 69.5 Å². The fourth-order valence-corrected chi connectivity index (χ4v) is 7.53. The van der Waals surface area contributed by atoms with Crippen molar-refractivity contribution < 1.29 is 18.0 Å². The van der Waals surface area contributed by atoms with Gasteiger partial charge in [0.2, 0.25) is 10.0 Å². The molecule has 0 atom stereocenters. The number of rotatable bonds is 8. The minimum Gasteiger partial charge on any atom is -0.339 e. The van der Waals surface area contributed by atoms with E-state index in [9.17, 15) is 18.0 Å². The monoisotopic (exact) mass is 518 g/mol. The molecule has 2 amide bonds. The van der Waals surface area contributed by atoms with E-state index in [1.807, 2.05) is 13.8 Å². The highest BCUT2D eigenvalue weighted by Gasteiger charge is 2.31.